The topological polar surface area (TPSA) is 83.6 Å². The largest absolute Gasteiger partial charge is 0.279 e. The fraction of sp³-hybridized carbons (Fsp3) is 0.294. The lowest BCUT2D eigenvalue weighted by molar-refractivity contribution is 0.445. The van der Waals surface area contributed by atoms with Gasteiger partial charge in [-0.15, -0.1) is 0 Å². The van der Waals surface area contributed by atoms with Gasteiger partial charge >= 0.3 is 0 Å². The third-order valence-electron chi connectivity index (χ3n) is 3.98. The molecule has 148 valence electrons. The van der Waals surface area contributed by atoms with Crippen LogP contribution < -0.4 is 4.72 Å². The maximum absolute atomic E-state index is 13.9. The van der Waals surface area contributed by atoms with Crippen LogP contribution in [0.25, 0.3) is 0 Å². The Kier molecular flexibility index (Phi) is 6.23. The predicted octanol–water partition coefficient (Wildman–Crippen LogP) is 3.10. The highest BCUT2D eigenvalue weighted by molar-refractivity contribution is 7.92. The molecular weight excluding hydrogens is 398 g/mol. The molecule has 0 atom stereocenters. The van der Waals surface area contributed by atoms with Crippen molar-refractivity contribution in [3.05, 3.63) is 53.6 Å². The van der Waals surface area contributed by atoms with Gasteiger partial charge in [-0.05, 0) is 36.8 Å². The van der Waals surface area contributed by atoms with Crippen LogP contribution in [0.15, 0.2) is 46.2 Å². The minimum atomic E-state index is -4.38. The fourth-order valence-corrected chi connectivity index (χ4v) is 5.14. The van der Waals surface area contributed by atoms with Crippen molar-refractivity contribution >= 4 is 25.7 Å². The second-order valence-electron chi connectivity index (χ2n) is 5.75. The lowest BCUT2D eigenvalue weighted by Crippen LogP contribution is -2.30. The molecule has 2 aromatic carbocycles. The SMILES string of the molecule is CCN(CC)S(=O)(=O)c1ccc(C)c(NS(=O)(=O)c2ccc(F)cc2F)c1. The molecule has 10 heteroatoms. The van der Waals surface area contributed by atoms with Crippen LogP contribution in [0.2, 0.25) is 0 Å². The van der Waals surface area contributed by atoms with Crippen molar-refractivity contribution in [1.82, 2.24) is 4.31 Å². The van der Waals surface area contributed by atoms with Gasteiger partial charge in [0.15, 0.2) is 0 Å². The lowest BCUT2D eigenvalue weighted by Gasteiger charge is -2.19. The summed E-state index contributed by atoms with van der Waals surface area (Å²) in [7, 11) is -8.18. The summed E-state index contributed by atoms with van der Waals surface area (Å²) in [4.78, 5) is -0.825. The molecule has 6 nitrogen and oxygen atoms in total. The molecule has 0 fully saturated rings. The quantitative estimate of drug-likeness (QED) is 0.749. The third kappa shape index (κ3) is 4.45. The normalized spacial score (nSPS) is 12.4. The standard InChI is InChI=1S/C17H20F2N2O4S2/c1-4-21(5-2)27(24,25)14-8-6-12(3)16(11-14)20-26(22,23)17-9-7-13(18)10-15(17)19/h6-11,20H,4-5H2,1-3H3. The van der Waals surface area contributed by atoms with E-state index in [1.807, 2.05) is 0 Å². The van der Waals surface area contributed by atoms with E-state index in [2.05, 4.69) is 4.72 Å². The van der Waals surface area contributed by atoms with Gasteiger partial charge in [0.25, 0.3) is 10.0 Å². The summed E-state index contributed by atoms with van der Waals surface area (Å²) >= 11 is 0. The van der Waals surface area contributed by atoms with E-state index in [1.54, 1.807) is 20.8 Å². The molecule has 0 aliphatic rings. The summed E-state index contributed by atoms with van der Waals surface area (Å²) in [5, 5.41) is 0. The maximum atomic E-state index is 13.9. The molecule has 0 unspecified atom stereocenters. The Labute approximate surface area is 157 Å². The second-order valence-corrected chi connectivity index (χ2v) is 9.34. The van der Waals surface area contributed by atoms with E-state index >= 15 is 0 Å². The van der Waals surface area contributed by atoms with E-state index in [0.29, 0.717) is 11.6 Å². The van der Waals surface area contributed by atoms with Crippen molar-refractivity contribution in [1.29, 1.82) is 0 Å². The number of hydrogen-bond donors (Lipinski definition) is 1. The van der Waals surface area contributed by atoms with E-state index < -0.39 is 36.6 Å². The first kappa shape index (κ1) is 21.3. The van der Waals surface area contributed by atoms with E-state index in [4.69, 9.17) is 0 Å². The number of anilines is 1. The lowest BCUT2D eigenvalue weighted by atomic mass is 10.2. The molecule has 2 aromatic rings. The van der Waals surface area contributed by atoms with E-state index in [0.717, 1.165) is 12.1 Å². The summed E-state index contributed by atoms with van der Waals surface area (Å²) in [6.45, 7) is 5.47. The van der Waals surface area contributed by atoms with Crippen molar-refractivity contribution in [2.45, 2.75) is 30.6 Å². The van der Waals surface area contributed by atoms with Crippen LogP contribution in [0.4, 0.5) is 14.5 Å². The highest BCUT2D eigenvalue weighted by Gasteiger charge is 2.24. The van der Waals surface area contributed by atoms with Crippen molar-refractivity contribution < 1.29 is 25.6 Å². The molecule has 0 heterocycles. The Morgan fingerprint density at radius 1 is 0.963 bits per heavy atom. The molecule has 0 bridgehead atoms. The van der Waals surface area contributed by atoms with E-state index in [9.17, 15) is 25.6 Å². The minimum Gasteiger partial charge on any atom is -0.279 e. The monoisotopic (exact) mass is 418 g/mol. The first-order valence-electron chi connectivity index (χ1n) is 8.11. The number of nitrogens with one attached hydrogen (secondary N) is 1. The molecular formula is C17H20F2N2O4S2. The Hall–Kier alpha value is -2.04. The van der Waals surface area contributed by atoms with Gasteiger partial charge < -0.3 is 0 Å². The summed E-state index contributed by atoms with van der Waals surface area (Å²) in [6, 6.07) is 6.10. The zero-order valence-electron chi connectivity index (χ0n) is 15.0. The Balaban J connectivity index is 2.48. The summed E-state index contributed by atoms with van der Waals surface area (Å²) < 4.78 is 80.5. The van der Waals surface area contributed by atoms with Crippen molar-refractivity contribution in [2.24, 2.45) is 0 Å². The van der Waals surface area contributed by atoms with Gasteiger partial charge in [0.2, 0.25) is 10.0 Å². The first-order chi connectivity index (χ1) is 12.5. The molecule has 0 aliphatic heterocycles. The van der Waals surface area contributed by atoms with Crippen LogP contribution >= 0.6 is 0 Å². The van der Waals surface area contributed by atoms with Gasteiger partial charge in [0.1, 0.15) is 16.5 Å². The van der Waals surface area contributed by atoms with E-state index in [1.165, 1.54) is 22.5 Å². The summed E-state index contributed by atoms with van der Waals surface area (Å²) in [6.07, 6.45) is 0. The van der Waals surface area contributed by atoms with Crippen LogP contribution in [0.5, 0.6) is 0 Å². The summed E-state index contributed by atoms with van der Waals surface area (Å²) in [5.74, 6) is -2.15. The number of rotatable bonds is 7. The van der Waals surface area contributed by atoms with Crippen molar-refractivity contribution in [2.75, 3.05) is 17.8 Å². The maximum Gasteiger partial charge on any atom is 0.264 e. The molecule has 27 heavy (non-hydrogen) atoms. The molecule has 0 aromatic heterocycles. The first-order valence-corrected chi connectivity index (χ1v) is 11.0. The van der Waals surface area contributed by atoms with Crippen molar-refractivity contribution in [3.63, 3.8) is 0 Å². The molecule has 0 saturated heterocycles. The van der Waals surface area contributed by atoms with Crippen LogP contribution in [-0.2, 0) is 20.0 Å². The van der Waals surface area contributed by atoms with Gasteiger partial charge in [-0.25, -0.2) is 25.6 Å². The number of aryl methyl sites for hydroxylation is 1. The van der Waals surface area contributed by atoms with E-state index in [-0.39, 0.29) is 23.7 Å². The smallest absolute Gasteiger partial charge is 0.264 e. The van der Waals surface area contributed by atoms with Gasteiger partial charge in [0, 0.05) is 19.2 Å². The molecule has 0 radical (unpaired) electrons. The predicted molar refractivity (Wildman–Crippen MR) is 98.5 cm³/mol. The molecule has 0 amide bonds. The number of sulfonamides is 2. The second kappa shape index (κ2) is 7.91. The minimum absolute atomic E-state index is 0.00745. The summed E-state index contributed by atoms with van der Waals surface area (Å²) in [5.41, 5.74) is 0.437. The van der Waals surface area contributed by atoms with Crippen LogP contribution in [0.3, 0.4) is 0 Å². The number of halogens is 2. The molecule has 0 aliphatic carbocycles. The molecule has 1 N–H and O–H groups in total. The van der Waals surface area contributed by atoms with Crippen LogP contribution in [0, 0.1) is 18.6 Å². The average molecular weight is 418 g/mol. The fourth-order valence-electron chi connectivity index (χ4n) is 2.48. The average Bonchev–Trinajstić information content (AvgIpc) is 2.57. The third-order valence-corrected chi connectivity index (χ3v) is 7.42. The molecule has 2 rings (SSSR count). The molecule has 0 saturated carbocycles. The Bertz CT molecular complexity index is 1050. The van der Waals surface area contributed by atoms with Crippen LogP contribution in [0.1, 0.15) is 19.4 Å². The van der Waals surface area contributed by atoms with Gasteiger partial charge in [-0.3, -0.25) is 4.72 Å². The number of nitrogens with zero attached hydrogens (tertiary/aromatic N) is 1. The van der Waals surface area contributed by atoms with Crippen LogP contribution in [-0.4, -0.2) is 34.2 Å². The number of hydrogen-bond acceptors (Lipinski definition) is 4. The Morgan fingerprint density at radius 3 is 2.15 bits per heavy atom. The van der Waals surface area contributed by atoms with Gasteiger partial charge in [-0.1, -0.05) is 19.9 Å². The highest BCUT2D eigenvalue weighted by atomic mass is 32.2. The highest BCUT2D eigenvalue weighted by Crippen LogP contribution is 2.26. The zero-order chi connectivity index (χ0) is 20.4. The Morgan fingerprint density at radius 2 is 1.59 bits per heavy atom. The number of benzene rings is 2. The molecule has 0 spiro atoms. The van der Waals surface area contributed by atoms with Gasteiger partial charge in [0.05, 0.1) is 10.6 Å². The zero-order valence-corrected chi connectivity index (χ0v) is 16.7. The van der Waals surface area contributed by atoms with Gasteiger partial charge in [-0.2, -0.15) is 4.31 Å². The van der Waals surface area contributed by atoms with Crippen molar-refractivity contribution in [3.8, 4) is 0 Å².